The fraction of sp³-hybridized carbons (Fsp3) is 0.200. The molecule has 23 heavy (non-hydrogen) atoms. The smallest absolute Gasteiger partial charge is 0.168 e. The number of hydrogen-bond acceptors (Lipinski definition) is 1. The summed E-state index contributed by atoms with van der Waals surface area (Å²) in [5.41, 5.74) is 2.67. The summed E-state index contributed by atoms with van der Waals surface area (Å²) in [6.45, 7) is 1.96. The summed E-state index contributed by atoms with van der Waals surface area (Å²) in [6, 6.07) is 14.9. The highest BCUT2D eigenvalue weighted by Gasteiger charge is 2.23. The first kappa shape index (κ1) is 14.6. The summed E-state index contributed by atoms with van der Waals surface area (Å²) < 4.78 is 29.0. The molecule has 0 aliphatic heterocycles. The molecule has 0 N–H and O–H groups in total. The first-order valence-electron chi connectivity index (χ1n) is 7.78. The lowest BCUT2D eigenvalue weighted by Gasteiger charge is -2.09. The van der Waals surface area contributed by atoms with Crippen molar-refractivity contribution in [2.75, 3.05) is 0 Å². The van der Waals surface area contributed by atoms with Crippen molar-refractivity contribution in [3.05, 3.63) is 70.6 Å². The van der Waals surface area contributed by atoms with Gasteiger partial charge in [0.05, 0.1) is 0 Å². The van der Waals surface area contributed by atoms with Gasteiger partial charge in [0.2, 0.25) is 0 Å². The second kappa shape index (κ2) is 5.57. The van der Waals surface area contributed by atoms with Crippen molar-refractivity contribution < 1.29 is 8.78 Å². The van der Waals surface area contributed by atoms with Crippen LogP contribution in [0.15, 0.2) is 48.5 Å². The quantitative estimate of drug-likeness (QED) is 0.512. The van der Waals surface area contributed by atoms with E-state index in [1.807, 2.05) is 43.3 Å². The minimum absolute atomic E-state index is 0.321. The van der Waals surface area contributed by atoms with E-state index in [-0.39, 0.29) is 0 Å². The summed E-state index contributed by atoms with van der Waals surface area (Å²) in [6.07, 6.45) is 2.47. The molecule has 2 aromatic carbocycles. The molecule has 0 atom stereocenters. The molecule has 1 aliphatic rings. The Hall–Kier alpha value is -2.00. The van der Waals surface area contributed by atoms with Crippen LogP contribution in [0.3, 0.4) is 0 Å². The lowest BCUT2D eigenvalue weighted by atomic mass is 10.00. The molecule has 3 heteroatoms. The molecule has 4 rings (SSSR count). The third-order valence-electron chi connectivity index (χ3n) is 4.36. The molecule has 0 unspecified atom stereocenters. The molecule has 0 amide bonds. The summed E-state index contributed by atoms with van der Waals surface area (Å²) in [7, 11) is 0. The van der Waals surface area contributed by atoms with Crippen LogP contribution in [0.4, 0.5) is 8.78 Å². The van der Waals surface area contributed by atoms with E-state index in [0.717, 1.165) is 15.3 Å². The first-order chi connectivity index (χ1) is 11.1. The Labute approximate surface area is 138 Å². The molecule has 116 valence electrons. The van der Waals surface area contributed by atoms with Gasteiger partial charge in [-0.2, -0.15) is 0 Å². The Balaban J connectivity index is 1.73. The van der Waals surface area contributed by atoms with Gasteiger partial charge in [0.15, 0.2) is 11.6 Å². The SMILES string of the molecule is Cc1ccc(-c2ccc(-c3ccc(C4CC4)cc3)c(F)c2F)s1. The molecular formula is C20H16F2S. The zero-order valence-electron chi connectivity index (χ0n) is 12.8. The van der Waals surface area contributed by atoms with Crippen LogP contribution in [0.2, 0.25) is 0 Å². The zero-order valence-corrected chi connectivity index (χ0v) is 13.6. The fourth-order valence-corrected chi connectivity index (χ4v) is 3.78. The molecule has 1 heterocycles. The van der Waals surface area contributed by atoms with Gasteiger partial charge in [-0.25, -0.2) is 8.78 Å². The average molecular weight is 326 g/mol. The van der Waals surface area contributed by atoms with Gasteiger partial charge >= 0.3 is 0 Å². The minimum atomic E-state index is -0.771. The van der Waals surface area contributed by atoms with Crippen LogP contribution >= 0.6 is 11.3 Å². The van der Waals surface area contributed by atoms with Crippen LogP contribution in [0, 0.1) is 18.6 Å². The summed E-state index contributed by atoms with van der Waals surface area (Å²) >= 11 is 1.47. The van der Waals surface area contributed by atoms with Crippen LogP contribution in [-0.4, -0.2) is 0 Å². The third-order valence-corrected chi connectivity index (χ3v) is 5.39. The topological polar surface area (TPSA) is 0 Å². The van der Waals surface area contributed by atoms with Gasteiger partial charge in [-0.1, -0.05) is 30.3 Å². The first-order valence-corrected chi connectivity index (χ1v) is 8.60. The van der Waals surface area contributed by atoms with Gasteiger partial charge in [-0.3, -0.25) is 0 Å². The Kier molecular flexibility index (Phi) is 3.53. The molecule has 1 fully saturated rings. The molecule has 0 bridgehead atoms. The highest BCUT2D eigenvalue weighted by atomic mass is 32.1. The molecule has 1 aromatic heterocycles. The molecule has 3 aromatic rings. The average Bonchev–Trinajstić information content (AvgIpc) is 3.32. The molecule has 0 radical (unpaired) electrons. The van der Waals surface area contributed by atoms with E-state index in [1.165, 1.54) is 29.7 Å². The van der Waals surface area contributed by atoms with E-state index in [0.29, 0.717) is 17.0 Å². The number of hydrogen-bond donors (Lipinski definition) is 0. The Bertz CT molecular complexity index is 858. The zero-order chi connectivity index (χ0) is 16.0. The number of thiophene rings is 1. The number of rotatable bonds is 3. The van der Waals surface area contributed by atoms with Crippen molar-refractivity contribution in [1.82, 2.24) is 0 Å². The summed E-state index contributed by atoms with van der Waals surface area (Å²) in [5.74, 6) is -0.876. The van der Waals surface area contributed by atoms with Gasteiger partial charge in [0.25, 0.3) is 0 Å². The van der Waals surface area contributed by atoms with Crippen LogP contribution in [0.5, 0.6) is 0 Å². The molecule has 0 nitrogen and oxygen atoms in total. The van der Waals surface area contributed by atoms with Crippen molar-refractivity contribution in [1.29, 1.82) is 0 Å². The van der Waals surface area contributed by atoms with Gasteiger partial charge < -0.3 is 0 Å². The van der Waals surface area contributed by atoms with Gasteiger partial charge in [0, 0.05) is 20.9 Å². The van der Waals surface area contributed by atoms with Crippen molar-refractivity contribution >= 4 is 11.3 Å². The second-order valence-corrected chi connectivity index (χ2v) is 7.38. The van der Waals surface area contributed by atoms with E-state index >= 15 is 0 Å². The van der Waals surface area contributed by atoms with Crippen molar-refractivity contribution in [2.24, 2.45) is 0 Å². The molecule has 1 aliphatic carbocycles. The largest absolute Gasteiger partial charge is 0.203 e. The predicted molar refractivity (Wildman–Crippen MR) is 91.8 cm³/mol. The standard InChI is InChI=1S/C20H16F2S/c1-12-2-11-18(23-12)17-10-9-16(19(21)20(17)22)15-7-5-14(6-8-15)13-3-4-13/h2,5-11,13H,3-4H2,1H3. The Morgan fingerprint density at radius 2 is 1.48 bits per heavy atom. The monoisotopic (exact) mass is 326 g/mol. The summed E-state index contributed by atoms with van der Waals surface area (Å²) in [4.78, 5) is 1.84. The molecular weight excluding hydrogens is 310 g/mol. The van der Waals surface area contributed by atoms with E-state index in [1.54, 1.807) is 12.1 Å². The molecule has 0 spiro atoms. The number of benzene rings is 2. The normalized spacial score (nSPS) is 14.2. The number of aryl methyl sites for hydroxylation is 1. The Morgan fingerprint density at radius 1 is 0.826 bits per heavy atom. The van der Waals surface area contributed by atoms with Crippen LogP contribution in [0.25, 0.3) is 21.6 Å². The highest BCUT2D eigenvalue weighted by molar-refractivity contribution is 7.15. The van der Waals surface area contributed by atoms with Gasteiger partial charge in [0.1, 0.15) is 0 Å². The van der Waals surface area contributed by atoms with Crippen LogP contribution < -0.4 is 0 Å². The van der Waals surface area contributed by atoms with E-state index in [4.69, 9.17) is 0 Å². The van der Waals surface area contributed by atoms with E-state index in [9.17, 15) is 8.78 Å². The second-order valence-electron chi connectivity index (χ2n) is 6.10. The molecule has 0 saturated heterocycles. The van der Waals surface area contributed by atoms with Crippen molar-refractivity contribution in [3.63, 3.8) is 0 Å². The van der Waals surface area contributed by atoms with Crippen LogP contribution in [0.1, 0.15) is 29.2 Å². The Morgan fingerprint density at radius 3 is 2.09 bits per heavy atom. The highest BCUT2D eigenvalue weighted by Crippen LogP contribution is 2.41. The van der Waals surface area contributed by atoms with Crippen molar-refractivity contribution in [2.45, 2.75) is 25.7 Å². The molecule has 1 saturated carbocycles. The minimum Gasteiger partial charge on any atom is -0.203 e. The van der Waals surface area contributed by atoms with Crippen molar-refractivity contribution in [3.8, 4) is 21.6 Å². The van der Waals surface area contributed by atoms with Gasteiger partial charge in [-0.05, 0) is 55.0 Å². The van der Waals surface area contributed by atoms with E-state index in [2.05, 4.69) is 0 Å². The third kappa shape index (κ3) is 2.70. The van der Waals surface area contributed by atoms with Crippen LogP contribution in [-0.2, 0) is 0 Å². The summed E-state index contributed by atoms with van der Waals surface area (Å²) in [5, 5.41) is 0. The number of halogens is 2. The maximum Gasteiger partial charge on any atom is 0.168 e. The fourth-order valence-electron chi connectivity index (χ4n) is 2.89. The van der Waals surface area contributed by atoms with E-state index < -0.39 is 11.6 Å². The van der Waals surface area contributed by atoms with Gasteiger partial charge in [-0.15, -0.1) is 11.3 Å². The lowest BCUT2D eigenvalue weighted by molar-refractivity contribution is 0.514. The maximum absolute atomic E-state index is 14.5. The lowest BCUT2D eigenvalue weighted by Crippen LogP contribution is -1.93. The predicted octanol–water partition coefficient (Wildman–Crippen LogP) is 6.55. The maximum atomic E-state index is 14.5.